The Bertz CT molecular complexity index is 533. The number of piperazine rings is 1. The smallest absolute Gasteiger partial charge is 0.125 e. The van der Waals surface area contributed by atoms with Crippen LogP contribution in [0, 0.1) is 6.07 Å². The van der Waals surface area contributed by atoms with Crippen molar-refractivity contribution in [1.29, 1.82) is 0 Å². The first kappa shape index (κ1) is 11.8. The van der Waals surface area contributed by atoms with Crippen LogP contribution >= 0.6 is 0 Å². The van der Waals surface area contributed by atoms with Crippen molar-refractivity contribution in [2.24, 2.45) is 0 Å². The van der Waals surface area contributed by atoms with Gasteiger partial charge >= 0.3 is 0 Å². The molecule has 2 N–H and O–H groups in total. The molecule has 2 aromatic rings. The van der Waals surface area contributed by atoms with E-state index in [4.69, 9.17) is 5.73 Å². The van der Waals surface area contributed by atoms with E-state index in [0.29, 0.717) is 5.82 Å². The monoisotopic (exact) mass is 253 g/mol. The quantitative estimate of drug-likeness (QED) is 0.886. The summed E-state index contributed by atoms with van der Waals surface area (Å²) in [6.07, 6.45) is 1.77. The van der Waals surface area contributed by atoms with Crippen LogP contribution in [-0.4, -0.2) is 31.2 Å². The number of nitrogens with two attached hydrogens (primary N) is 1. The van der Waals surface area contributed by atoms with Gasteiger partial charge in [0.15, 0.2) is 0 Å². The van der Waals surface area contributed by atoms with Crippen molar-refractivity contribution >= 4 is 17.2 Å². The number of hydrogen-bond acceptors (Lipinski definition) is 4. The summed E-state index contributed by atoms with van der Waals surface area (Å²) in [5.74, 6) is 0.582. The Balaban J connectivity index is 1.67. The molecular formula is C15H17N4. The molecule has 97 valence electrons. The number of benzene rings is 1. The second-order valence-corrected chi connectivity index (χ2v) is 4.67. The largest absolute Gasteiger partial charge is 0.384 e. The van der Waals surface area contributed by atoms with Crippen LogP contribution in [0.25, 0.3) is 0 Å². The number of nitrogens with zero attached hydrogens (tertiary/aromatic N) is 3. The van der Waals surface area contributed by atoms with Crippen LogP contribution in [0.5, 0.6) is 0 Å². The fourth-order valence-electron chi connectivity index (χ4n) is 2.45. The van der Waals surface area contributed by atoms with Crippen LogP contribution in [0.1, 0.15) is 0 Å². The lowest BCUT2D eigenvalue weighted by Crippen LogP contribution is -2.46. The summed E-state index contributed by atoms with van der Waals surface area (Å²) in [5, 5.41) is 0. The summed E-state index contributed by atoms with van der Waals surface area (Å²) in [6.45, 7) is 4.04. The SMILES string of the molecule is Nc1cc(N2CCN(c3cc[c]cc3)CC2)ccn1. The maximum Gasteiger partial charge on any atom is 0.125 e. The number of pyridine rings is 1. The number of aromatic nitrogens is 1. The van der Waals surface area contributed by atoms with Crippen molar-refractivity contribution in [2.45, 2.75) is 0 Å². The third-order valence-electron chi connectivity index (χ3n) is 3.48. The first-order valence-corrected chi connectivity index (χ1v) is 6.50. The predicted octanol–water partition coefficient (Wildman–Crippen LogP) is 1.79. The third kappa shape index (κ3) is 2.62. The molecule has 1 saturated heterocycles. The normalized spacial score (nSPS) is 15.6. The topological polar surface area (TPSA) is 45.4 Å². The van der Waals surface area contributed by atoms with E-state index in [1.807, 2.05) is 24.3 Å². The van der Waals surface area contributed by atoms with Gasteiger partial charge in [0.05, 0.1) is 0 Å². The van der Waals surface area contributed by atoms with Crippen molar-refractivity contribution < 1.29 is 0 Å². The predicted molar refractivity (Wildman–Crippen MR) is 78.4 cm³/mol. The van der Waals surface area contributed by atoms with Gasteiger partial charge in [0.25, 0.3) is 0 Å². The average molecular weight is 253 g/mol. The Morgan fingerprint density at radius 1 is 0.947 bits per heavy atom. The van der Waals surface area contributed by atoms with E-state index in [2.05, 4.69) is 33.0 Å². The van der Waals surface area contributed by atoms with Gasteiger partial charge in [-0.2, -0.15) is 0 Å². The zero-order valence-corrected chi connectivity index (χ0v) is 10.8. The molecule has 1 radical (unpaired) electrons. The Morgan fingerprint density at radius 2 is 1.58 bits per heavy atom. The highest BCUT2D eigenvalue weighted by Gasteiger charge is 2.17. The van der Waals surface area contributed by atoms with Crippen molar-refractivity contribution in [3.63, 3.8) is 0 Å². The lowest BCUT2D eigenvalue weighted by molar-refractivity contribution is 0.653. The van der Waals surface area contributed by atoms with Crippen LogP contribution < -0.4 is 15.5 Å². The van der Waals surface area contributed by atoms with Gasteiger partial charge in [-0.1, -0.05) is 12.1 Å². The Kier molecular flexibility index (Phi) is 3.23. The third-order valence-corrected chi connectivity index (χ3v) is 3.48. The Morgan fingerprint density at radius 3 is 2.21 bits per heavy atom. The molecule has 0 saturated carbocycles. The zero-order chi connectivity index (χ0) is 13.1. The molecule has 1 fully saturated rings. The van der Waals surface area contributed by atoms with Gasteiger partial charge in [-0.15, -0.1) is 0 Å². The maximum atomic E-state index is 5.73. The highest BCUT2D eigenvalue weighted by atomic mass is 15.3. The molecule has 0 bridgehead atoms. The fourth-order valence-corrected chi connectivity index (χ4v) is 2.45. The van der Waals surface area contributed by atoms with Gasteiger partial charge in [0.1, 0.15) is 5.82 Å². The van der Waals surface area contributed by atoms with Gasteiger partial charge in [0, 0.05) is 49.8 Å². The van der Waals surface area contributed by atoms with E-state index in [0.717, 1.165) is 31.9 Å². The van der Waals surface area contributed by atoms with E-state index in [1.54, 1.807) is 6.20 Å². The summed E-state index contributed by atoms with van der Waals surface area (Å²) < 4.78 is 0. The summed E-state index contributed by atoms with van der Waals surface area (Å²) in [7, 11) is 0. The average Bonchev–Trinajstić information content (AvgIpc) is 2.48. The minimum Gasteiger partial charge on any atom is -0.384 e. The molecule has 19 heavy (non-hydrogen) atoms. The second kappa shape index (κ2) is 5.18. The van der Waals surface area contributed by atoms with Crippen LogP contribution in [0.15, 0.2) is 42.6 Å². The summed E-state index contributed by atoms with van der Waals surface area (Å²) in [5.41, 5.74) is 8.16. The lowest BCUT2D eigenvalue weighted by Gasteiger charge is -2.37. The standard InChI is InChI=1S/C15H17N4/c16-15-12-14(6-7-17-15)19-10-8-18(9-11-19)13-4-2-1-3-5-13/h2-7,12H,8-11H2,(H2,16,17). The molecule has 0 atom stereocenters. The molecule has 0 aliphatic carbocycles. The summed E-state index contributed by atoms with van der Waals surface area (Å²) >= 11 is 0. The van der Waals surface area contributed by atoms with Crippen LogP contribution in [-0.2, 0) is 0 Å². The first-order valence-electron chi connectivity index (χ1n) is 6.50. The van der Waals surface area contributed by atoms with Gasteiger partial charge in [-0.25, -0.2) is 4.98 Å². The molecular weight excluding hydrogens is 236 g/mol. The fraction of sp³-hybridized carbons (Fsp3) is 0.267. The van der Waals surface area contributed by atoms with Crippen molar-refractivity contribution in [2.75, 3.05) is 41.7 Å². The van der Waals surface area contributed by atoms with E-state index in [9.17, 15) is 0 Å². The minimum atomic E-state index is 0.582. The highest BCUT2D eigenvalue weighted by Crippen LogP contribution is 2.20. The van der Waals surface area contributed by atoms with Gasteiger partial charge in [0.2, 0.25) is 0 Å². The Labute approximate surface area is 113 Å². The molecule has 1 aliphatic rings. The molecule has 1 aromatic carbocycles. The Hall–Kier alpha value is -2.23. The number of rotatable bonds is 2. The first-order chi connectivity index (χ1) is 9.33. The van der Waals surface area contributed by atoms with Gasteiger partial charge in [-0.05, 0) is 24.3 Å². The number of anilines is 3. The van der Waals surface area contributed by atoms with Crippen molar-refractivity contribution in [3.05, 3.63) is 48.7 Å². The summed E-state index contributed by atoms with van der Waals surface area (Å²) in [4.78, 5) is 8.78. The molecule has 0 unspecified atom stereocenters. The molecule has 1 aliphatic heterocycles. The van der Waals surface area contributed by atoms with Crippen molar-refractivity contribution in [3.8, 4) is 0 Å². The van der Waals surface area contributed by atoms with E-state index < -0.39 is 0 Å². The van der Waals surface area contributed by atoms with Gasteiger partial charge < -0.3 is 15.5 Å². The van der Waals surface area contributed by atoms with Crippen LogP contribution in [0.3, 0.4) is 0 Å². The molecule has 1 aromatic heterocycles. The highest BCUT2D eigenvalue weighted by molar-refractivity contribution is 5.54. The molecule has 4 heteroatoms. The molecule has 3 rings (SSSR count). The number of nitrogen functional groups attached to an aromatic ring is 1. The second-order valence-electron chi connectivity index (χ2n) is 4.67. The molecule has 0 amide bonds. The maximum absolute atomic E-state index is 5.73. The minimum absolute atomic E-state index is 0.582. The molecule has 2 heterocycles. The van der Waals surface area contributed by atoms with Crippen LogP contribution in [0.2, 0.25) is 0 Å². The van der Waals surface area contributed by atoms with Crippen molar-refractivity contribution in [1.82, 2.24) is 4.98 Å². The zero-order valence-electron chi connectivity index (χ0n) is 10.8. The lowest BCUT2D eigenvalue weighted by atomic mass is 10.2. The number of hydrogen-bond donors (Lipinski definition) is 1. The molecule has 4 nitrogen and oxygen atoms in total. The van der Waals surface area contributed by atoms with Gasteiger partial charge in [-0.3, -0.25) is 0 Å². The van der Waals surface area contributed by atoms with Crippen LogP contribution in [0.4, 0.5) is 17.2 Å². The van der Waals surface area contributed by atoms with E-state index in [-0.39, 0.29) is 0 Å². The van der Waals surface area contributed by atoms with E-state index in [1.165, 1.54) is 5.69 Å². The molecule has 0 spiro atoms. The van der Waals surface area contributed by atoms with E-state index >= 15 is 0 Å². The summed E-state index contributed by atoms with van der Waals surface area (Å²) in [6, 6.07) is 15.2.